The highest BCUT2D eigenvalue weighted by Gasteiger charge is 2.19. The summed E-state index contributed by atoms with van der Waals surface area (Å²) in [5.41, 5.74) is 1.64. The molecule has 0 heterocycles. The monoisotopic (exact) mass is 441 g/mol. The number of sulfonamides is 1. The van der Waals surface area contributed by atoms with Gasteiger partial charge in [0.05, 0.1) is 31.9 Å². The minimum Gasteiger partial charge on any atom is -0.504 e. The number of phenolic OH excluding ortho intramolecular Hbond substituents is 1. The smallest absolute Gasteiger partial charge is 0.262 e. The average Bonchev–Trinajstić information content (AvgIpc) is 2.77. The van der Waals surface area contributed by atoms with Crippen molar-refractivity contribution in [3.05, 3.63) is 71.8 Å². The second-order valence-corrected chi connectivity index (χ2v) is 8.17. The number of ether oxygens (including phenoxy) is 3. The topological polar surface area (TPSA) is 94.1 Å². The van der Waals surface area contributed by atoms with Gasteiger partial charge in [-0.25, -0.2) is 8.42 Å². The molecular weight excluding hydrogens is 418 g/mol. The third kappa shape index (κ3) is 5.10. The number of anilines is 1. The van der Waals surface area contributed by atoms with Crippen molar-refractivity contribution in [1.29, 1.82) is 0 Å². The van der Waals surface area contributed by atoms with Crippen LogP contribution in [-0.4, -0.2) is 34.9 Å². The highest BCUT2D eigenvalue weighted by Crippen LogP contribution is 2.38. The van der Waals surface area contributed by atoms with Crippen LogP contribution in [0.3, 0.4) is 0 Å². The van der Waals surface area contributed by atoms with Gasteiger partial charge in [-0.2, -0.15) is 0 Å². The van der Waals surface area contributed by atoms with Crippen molar-refractivity contribution in [3.8, 4) is 23.0 Å². The molecule has 162 valence electrons. The average molecular weight is 442 g/mol. The molecule has 0 spiro atoms. The lowest BCUT2D eigenvalue weighted by Crippen LogP contribution is -2.14. The summed E-state index contributed by atoms with van der Waals surface area (Å²) in [7, 11) is 0.567. The fourth-order valence-corrected chi connectivity index (χ4v) is 4.04. The summed E-state index contributed by atoms with van der Waals surface area (Å²) in [6, 6.07) is 16.4. The van der Waals surface area contributed by atoms with Gasteiger partial charge in [0.2, 0.25) is 0 Å². The number of methoxy groups -OCH3 is 3. The molecule has 0 amide bonds. The molecule has 0 aliphatic heterocycles. The van der Waals surface area contributed by atoms with E-state index in [1.165, 1.54) is 33.5 Å². The van der Waals surface area contributed by atoms with Crippen molar-refractivity contribution in [3.63, 3.8) is 0 Å². The standard InChI is InChI=1S/C23H23NO6S/c1-28-21-12-11-16(14-20(21)25)9-10-17-13-19(23(30-3)22(15-17)29-2)24-31(26,27)18-7-5-4-6-8-18/h4-15,24-25H,1-3H3/b10-9-. The summed E-state index contributed by atoms with van der Waals surface area (Å²) in [6.07, 6.45) is 3.54. The third-order valence-corrected chi connectivity index (χ3v) is 5.85. The van der Waals surface area contributed by atoms with Gasteiger partial charge >= 0.3 is 0 Å². The Balaban J connectivity index is 1.98. The lowest BCUT2D eigenvalue weighted by Gasteiger charge is -2.16. The highest BCUT2D eigenvalue weighted by molar-refractivity contribution is 7.92. The van der Waals surface area contributed by atoms with Crippen LogP contribution in [0.15, 0.2) is 65.6 Å². The van der Waals surface area contributed by atoms with Crippen molar-refractivity contribution in [2.24, 2.45) is 0 Å². The van der Waals surface area contributed by atoms with Crippen LogP contribution >= 0.6 is 0 Å². The molecule has 0 unspecified atom stereocenters. The van der Waals surface area contributed by atoms with Crippen molar-refractivity contribution in [1.82, 2.24) is 0 Å². The van der Waals surface area contributed by atoms with Crippen LogP contribution in [0.2, 0.25) is 0 Å². The Bertz CT molecular complexity index is 1190. The second-order valence-electron chi connectivity index (χ2n) is 6.49. The van der Waals surface area contributed by atoms with Crippen molar-refractivity contribution in [2.75, 3.05) is 26.1 Å². The fraction of sp³-hybridized carbons (Fsp3) is 0.130. The van der Waals surface area contributed by atoms with E-state index >= 15 is 0 Å². The molecule has 31 heavy (non-hydrogen) atoms. The molecule has 3 aromatic rings. The number of hydrogen-bond acceptors (Lipinski definition) is 6. The molecule has 0 saturated carbocycles. The second kappa shape index (κ2) is 9.44. The quantitative estimate of drug-likeness (QED) is 0.504. The maximum absolute atomic E-state index is 12.8. The maximum atomic E-state index is 12.8. The molecule has 0 aliphatic rings. The molecule has 0 bridgehead atoms. The van der Waals surface area contributed by atoms with Crippen LogP contribution in [-0.2, 0) is 10.0 Å². The van der Waals surface area contributed by atoms with Crippen molar-refractivity contribution in [2.45, 2.75) is 4.90 Å². The van der Waals surface area contributed by atoms with E-state index in [4.69, 9.17) is 14.2 Å². The summed E-state index contributed by atoms with van der Waals surface area (Å²) in [4.78, 5) is 0.130. The molecule has 3 aromatic carbocycles. The SMILES string of the molecule is COc1ccc(/C=C\c2cc(NS(=O)(=O)c3ccccc3)c(OC)c(OC)c2)cc1O. The molecule has 8 heteroatoms. The normalized spacial score (nSPS) is 11.3. The fourth-order valence-electron chi connectivity index (χ4n) is 2.96. The summed E-state index contributed by atoms with van der Waals surface area (Å²) in [6.45, 7) is 0. The van der Waals surface area contributed by atoms with Crippen LogP contribution in [0.4, 0.5) is 5.69 Å². The van der Waals surface area contributed by atoms with Gasteiger partial charge in [-0.3, -0.25) is 4.72 Å². The number of benzene rings is 3. The van der Waals surface area contributed by atoms with Gasteiger partial charge in [0.15, 0.2) is 23.0 Å². The molecule has 0 fully saturated rings. The van der Waals surface area contributed by atoms with Gasteiger partial charge in [0.1, 0.15) is 0 Å². The zero-order valence-corrected chi connectivity index (χ0v) is 18.1. The Kier molecular flexibility index (Phi) is 6.71. The summed E-state index contributed by atoms with van der Waals surface area (Å²) < 4.78 is 44.0. The van der Waals surface area contributed by atoms with Gasteiger partial charge in [-0.15, -0.1) is 0 Å². The van der Waals surface area contributed by atoms with E-state index in [2.05, 4.69) is 4.72 Å². The van der Waals surface area contributed by atoms with E-state index in [1.54, 1.807) is 60.7 Å². The number of rotatable bonds is 8. The molecule has 0 aliphatic carbocycles. The van der Waals surface area contributed by atoms with Gasteiger partial charge in [0, 0.05) is 0 Å². The van der Waals surface area contributed by atoms with Crippen LogP contribution in [0.25, 0.3) is 12.2 Å². The van der Waals surface area contributed by atoms with Crippen LogP contribution in [0, 0.1) is 0 Å². The van der Waals surface area contributed by atoms with E-state index in [1.807, 2.05) is 0 Å². The highest BCUT2D eigenvalue weighted by atomic mass is 32.2. The molecule has 0 radical (unpaired) electrons. The number of hydrogen-bond donors (Lipinski definition) is 2. The van der Waals surface area contributed by atoms with E-state index in [9.17, 15) is 13.5 Å². The molecule has 2 N–H and O–H groups in total. The first-order valence-corrected chi connectivity index (χ1v) is 10.7. The molecular formula is C23H23NO6S. The van der Waals surface area contributed by atoms with Crippen LogP contribution in [0.1, 0.15) is 11.1 Å². The Morgan fingerprint density at radius 2 is 1.48 bits per heavy atom. The predicted octanol–water partition coefficient (Wildman–Crippen LogP) is 4.39. The zero-order chi connectivity index (χ0) is 22.4. The van der Waals surface area contributed by atoms with Gasteiger partial charge < -0.3 is 19.3 Å². The number of aromatic hydroxyl groups is 1. The Labute approximate surface area is 181 Å². The van der Waals surface area contributed by atoms with Gasteiger partial charge in [-0.1, -0.05) is 36.4 Å². The molecule has 0 atom stereocenters. The van der Waals surface area contributed by atoms with Crippen LogP contribution in [0.5, 0.6) is 23.0 Å². The number of nitrogens with one attached hydrogen (secondary N) is 1. The lowest BCUT2D eigenvalue weighted by molar-refractivity contribution is 0.356. The van der Waals surface area contributed by atoms with Crippen LogP contribution < -0.4 is 18.9 Å². The van der Waals surface area contributed by atoms with Gasteiger partial charge in [-0.05, 0) is 47.5 Å². The van der Waals surface area contributed by atoms with Crippen molar-refractivity contribution < 1.29 is 27.7 Å². The van der Waals surface area contributed by atoms with Gasteiger partial charge in [0.25, 0.3) is 10.0 Å². The number of phenols is 1. The lowest BCUT2D eigenvalue weighted by atomic mass is 10.1. The largest absolute Gasteiger partial charge is 0.504 e. The van der Waals surface area contributed by atoms with E-state index in [0.29, 0.717) is 17.1 Å². The first kappa shape index (κ1) is 22.0. The maximum Gasteiger partial charge on any atom is 0.262 e. The molecule has 7 nitrogen and oxygen atoms in total. The Morgan fingerprint density at radius 1 is 0.806 bits per heavy atom. The minimum atomic E-state index is -3.82. The zero-order valence-electron chi connectivity index (χ0n) is 17.3. The Hall–Kier alpha value is -3.65. The summed E-state index contributed by atoms with van der Waals surface area (Å²) in [5.74, 6) is 1.03. The summed E-state index contributed by atoms with van der Waals surface area (Å²) >= 11 is 0. The first-order valence-electron chi connectivity index (χ1n) is 9.27. The first-order chi connectivity index (χ1) is 14.9. The van der Waals surface area contributed by atoms with Crippen molar-refractivity contribution >= 4 is 27.9 Å². The predicted molar refractivity (Wildman–Crippen MR) is 120 cm³/mol. The Morgan fingerprint density at radius 3 is 2.10 bits per heavy atom. The molecule has 0 aromatic heterocycles. The summed E-state index contributed by atoms with van der Waals surface area (Å²) in [5, 5.41) is 9.95. The third-order valence-electron chi connectivity index (χ3n) is 4.47. The van der Waals surface area contributed by atoms with E-state index in [-0.39, 0.29) is 22.1 Å². The molecule has 3 rings (SSSR count). The minimum absolute atomic E-state index is 0.0215. The van der Waals surface area contributed by atoms with E-state index < -0.39 is 10.0 Å². The molecule has 0 saturated heterocycles. The van der Waals surface area contributed by atoms with E-state index in [0.717, 1.165) is 5.56 Å².